The van der Waals surface area contributed by atoms with Crippen molar-refractivity contribution in [3.63, 3.8) is 0 Å². The number of furan rings is 1. The molecule has 0 amide bonds. The van der Waals surface area contributed by atoms with Crippen molar-refractivity contribution in [3.05, 3.63) is 78.9 Å². The molecule has 30 heavy (non-hydrogen) atoms. The van der Waals surface area contributed by atoms with Gasteiger partial charge in [-0.15, -0.1) is 11.3 Å². The number of hydrogen-bond acceptors (Lipinski definition) is 5. The summed E-state index contributed by atoms with van der Waals surface area (Å²) in [6.07, 6.45) is 1.36. The average Bonchev–Trinajstić information content (AvgIpc) is 3.38. The molecule has 0 atom stereocenters. The number of nitrogens with zero attached hydrogens (tertiary/aromatic N) is 1. The topological polar surface area (TPSA) is 60.2 Å². The van der Waals surface area contributed by atoms with Gasteiger partial charge in [0, 0.05) is 11.6 Å². The maximum atomic E-state index is 12.9. The molecule has 0 saturated heterocycles. The Bertz CT molecular complexity index is 1340. The number of hydrogen-bond donors (Lipinski definition) is 0. The summed E-state index contributed by atoms with van der Waals surface area (Å²) in [6.45, 7) is 0. The Labute approximate surface area is 193 Å². The van der Waals surface area contributed by atoms with Gasteiger partial charge >= 0.3 is 0 Å². The Morgan fingerprint density at radius 1 is 0.867 bits per heavy atom. The summed E-state index contributed by atoms with van der Waals surface area (Å²) in [5, 5.41) is 0.475. The van der Waals surface area contributed by atoms with Crippen LogP contribution in [0.1, 0.15) is 26.5 Å². The quantitative estimate of drug-likeness (QED) is 0.124. The van der Waals surface area contributed by atoms with Gasteiger partial charge in [0.15, 0.2) is 11.6 Å². The molecule has 0 saturated carbocycles. The van der Waals surface area contributed by atoms with E-state index in [4.69, 9.17) is 50.8 Å². The molecule has 2 aromatic carbocycles. The molecule has 1 aliphatic carbocycles. The lowest BCUT2D eigenvalue weighted by atomic mass is 10.1. The van der Waals surface area contributed by atoms with E-state index in [2.05, 4.69) is 4.98 Å². The molecule has 1 aliphatic rings. The predicted octanol–water partition coefficient (Wildman–Crippen LogP) is 7.63. The highest BCUT2D eigenvalue weighted by molar-refractivity contribution is 7.21. The molecule has 2 aromatic heterocycles. The van der Waals surface area contributed by atoms with Crippen molar-refractivity contribution in [2.75, 3.05) is 0 Å². The molecule has 4 aromatic rings. The lowest BCUT2D eigenvalue weighted by Crippen LogP contribution is -2.00. The van der Waals surface area contributed by atoms with Gasteiger partial charge in [0.05, 0.1) is 41.5 Å². The smallest absolute Gasteiger partial charge is 0.238 e. The van der Waals surface area contributed by atoms with E-state index in [0.717, 1.165) is 15.3 Å². The molecule has 0 spiro atoms. The molecule has 0 N–H and O–H groups in total. The summed E-state index contributed by atoms with van der Waals surface area (Å²) in [6, 6.07) is 11.4. The molecule has 0 aliphatic heterocycles. The van der Waals surface area contributed by atoms with E-state index in [9.17, 15) is 9.59 Å². The number of Topliss-reactive ketones (excluding diaryl/α,β-unsaturated/α-hetero) is 2. The zero-order valence-electron chi connectivity index (χ0n) is 14.6. The highest BCUT2D eigenvalue weighted by Crippen LogP contribution is 2.46. The summed E-state index contributed by atoms with van der Waals surface area (Å²) in [4.78, 5) is 30.2. The molecule has 2 heterocycles. The van der Waals surface area contributed by atoms with Crippen molar-refractivity contribution in [2.45, 2.75) is 0 Å². The Morgan fingerprint density at radius 3 is 2.03 bits per heavy atom. The van der Waals surface area contributed by atoms with Gasteiger partial charge in [-0.2, -0.15) is 0 Å². The Hall–Kier alpha value is -2.15. The van der Waals surface area contributed by atoms with Gasteiger partial charge in [-0.3, -0.25) is 9.59 Å². The molecule has 0 radical (unpaired) electrons. The Morgan fingerprint density at radius 2 is 1.47 bits per heavy atom. The third-order valence-electron chi connectivity index (χ3n) is 4.63. The Kier molecular flexibility index (Phi) is 4.76. The van der Waals surface area contributed by atoms with Crippen molar-refractivity contribution in [3.8, 4) is 10.6 Å². The second kappa shape index (κ2) is 7.22. The fourth-order valence-corrected chi connectivity index (χ4v) is 5.20. The van der Waals surface area contributed by atoms with Crippen molar-refractivity contribution >= 4 is 85.8 Å². The number of aromatic nitrogens is 1. The van der Waals surface area contributed by atoms with Gasteiger partial charge in [-0.05, 0) is 6.08 Å². The molecule has 4 nitrogen and oxygen atoms in total. The second-order valence-electron chi connectivity index (χ2n) is 6.43. The monoisotopic (exact) mass is 493 g/mol. The van der Waals surface area contributed by atoms with Gasteiger partial charge in [-0.1, -0.05) is 76.7 Å². The van der Waals surface area contributed by atoms with Crippen LogP contribution in [0.5, 0.6) is 0 Å². The van der Waals surface area contributed by atoms with Crippen LogP contribution in [0.2, 0.25) is 20.1 Å². The van der Waals surface area contributed by atoms with E-state index < -0.39 is 11.6 Å². The zero-order valence-corrected chi connectivity index (χ0v) is 18.5. The SMILES string of the molecule is O=C1C(=Cc2cc3sc(-c4ccccc4)nc3o2)C(=O)c2c(Cl)c(Cl)c(Cl)c(Cl)c21. The number of rotatable bonds is 2. The number of halogens is 4. The predicted molar refractivity (Wildman–Crippen MR) is 120 cm³/mol. The van der Waals surface area contributed by atoms with Crippen molar-refractivity contribution in [1.82, 2.24) is 4.98 Å². The minimum absolute atomic E-state index is 0.0508. The fourth-order valence-electron chi connectivity index (χ4n) is 3.23. The number of ketones is 2. The van der Waals surface area contributed by atoms with Crippen molar-refractivity contribution < 1.29 is 14.0 Å². The first-order chi connectivity index (χ1) is 14.4. The fraction of sp³-hybridized carbons (Fsp3) is 0. The van der Waals surface area contributed by atoms with E-state index in [-0.39, 0.29) is 36.8 Å². The van der Waals surface area contributed by atoms with Gasteiger partial charge in [0.2, 0.25) is 5.71 Å². The minimum atomic E-state index is -0.585. The average molecular weight is 495 g/mol. The number of fused-ring (bicyclic) bond motifs is 2. The number of carbonyl (C=O) groups excluding carboxylic acids is 2. The number of allylic oxidation sites excluding steroid dienone is 1. The van der Waals surface area contributed by atoms with Crippen LogP contribution in [-0.4, -0.2) is 16.6 Å². The van der Waals surface area contributed by atoms with Crippen LogP contribution in [0.3, 0.4) is 0 Å². The van der Waals surface area contributed by atoms with Crippen LogP contribution < -0.4 is 0 Å². The first-order valence-electron chi connectivity index (χ1n) is 8.49. The number of thiazole rings is 1. The minimum Gasteiger partial charge on any atom is -0.437 e. The van der Waals surface area contributed by atoms with Gasteiger partial charge in [0.25, 0.3) is 0 Å². The van der Waals surface area contributed by atoms with E-state index in [1.165, 1.54) is 17.4 Å². The van der Waals surface area contributed by atoms with Crippen molar-refractivity contribution in [1.29, 1.82) is 0 Å². The second-order valence-corrected chi connectivity index (χ2v) is 8.97. The standard InChI is InChI=1S/C21H7Cl4NO3S/c22-14-12-13(15(23)17(25)16(14)24)19(28)10(18(12)27)6-9-7-11-20(29-9)26-21(30-11)8-4-2-1-3-5-8/h1-7H. The summed E-state index contributed by atoms with van der Waals surface area (Å²) in [5.41, 5.74) is 1.17. The van der Waals surface area contributed by atoms with E-state index >= 15 is 0 Å². The zero-order chi connectivity index (χ0) is 21.2. The summed E-state index contributed by atoms with van der Waals surface area (Å²) < 4.78 is 6.53. The van der Waals surface area contributed by atoms with Crippen LogP contribution >= 0.6 is 57.7 Å². The molecule has 0 fully saturated rings. The van der Waals surface area contributed by atoms with Crippen LogP contribution in [0.25, 0.3) is 27.1 Å². The first-order valence-corrected chi connectivity index (χ1v) is 10.8. The van der Waals surface area contributed by atoms with Crippen LogP contribution in [0.4, 0.5) is 0 Å². The number of carbonyl (C=O) groups is 2. The summed E-state index contributed by atoms with van der Waals surface area (Å²) >= 11 is 25.8. The molecule has 0 bridgehead atoms. The summed E-state index contributed by atoms with van der Waals surface area (Å²) in [5.74, 6) is -0.853. The molecule has 0 unspecified atom stereocenters. The molecular formula is C21H7Cl4NO3S. The van der Waals surface area contributed by atoms with E-state index in [0.29, 0.717) is 11.5 Å². The Balaban J connectivity index is 1.57. The first kappa shape index (κ1) is 19.8. The molecular weight excluding hydrogens is 488 g/mol. The van der Waals surface area contributed by atoms with E-state index in [1.54, 1.807) is 6.07 Å². The molecule has 5 rings (SSSR count). The highest BCUT2D eigenvalue weighted by Gasteiger charge is 2.39. The normalized spacial score (nSPS) is 13.4. The number of benzene rings is 2. The third-order valence-corrected chi connectivity index (χ3v) is 7.46. The van der Waals surface area contributed by atoms with Gasteiger partial charge in [0.1, 0.15) is 10.8 Å². The molecule has 148 valence electrons. The molecule has 9 heteroatoms. The largest absolute Gasteiger partial charge is 0.437 e. The van der Waals surface area contributed by atoms with Crippen LogP contribution in [-0.2, 0) is 0 Å². The highest BCUT2D eigenvalue weighted by atomic mass is 35.5. The van der Waals surface area contributed by atoms with Crippen LogP contribution in [0, 0.1) is 0 Å². The third kappa shape index (κ3) is 2.93. The van der Waals surface area contributed by atoms with Gasteiger partial charge in [-0.25, -0.2) is 4.98 Å². The van der Waals surface area contributed by atoms with Crippen LogP contribution in [0.15, 0.2) is 46.4 Å². The maximum Gasteiger partial charge on any atom is 0.238 e. The van der Waals surface area contributed by atoms with E-state index in [1.807, 2.05) is 30.3 Å². The lowest BCUT2D eigenvalue weighted by molar-refractivity contribution is 0.0990. The van der Waals surface area contributed by atoms with Crippen molar-refractivity contribution in [2.24, 2.45) is 0 Å². The lowest BCUT2D eigenvalue weighted by Gasteiger charge is -2.07. The maximum absolute atomic E-state index is 12.9. The summed E-state index contributed by atoms with van der Waals surface area (Å²) in [7, 11) is 0. The van der Waals surface area contributed by atoms with Gasteiger partial charge < -0.3 is 4.42 Å².